The minimum atomic E-state index is 0.459. The molecule has 0 radical (unpaired) electrons. The van der Waals surface area contributed by atoms with Crippen molar-refractivity contribution in [2.75, 3.05) is 6.61 Å². The van der Waals surface area contributed by atoms with Crippen molar-refractivity contribution in [2.45, 2.75) is 63.6 Å². The van der Waals surface area contributed by atoms with Gasteiger partial charge in [-0.3, -0.25) is 0 Å². The zero-order chi connectivity index (χ0) is 13.6. The van der Waals surface area contributed by atoms with Gasteiger partial charge in [-0.25, -0.2) is 4.98 Å². The molecule has 3 nitrogen and oxygen atoms in total. The van der Waals surface area contributed by atoms with Gasteiger partial charge in [0.05, 0.1) is 12.1 Å². The van der Waals surface area contributed by atoms with Crippen molar-refractivity contribution in [3.8, 4) is 0 Å². The molecule has 3 aliphatic carbocycles. The third kappa shape index (κ3) is 2.04. The van der Waals surface area contributed by atoms with Crippen molar-refractivity contribution in [3.05, 3.63) is 16.6 Å². The molecule has 1 aromatic heterocycles. The van der Waals surface area contributed by atoms with Crippen LogP contribution in [0, 0.1) is 11.3 Å². The van der Waals surface area contributed by atoms with Crippen molar-refractivity contribution in [1.29, 1.82) is 0 Å². The summed E-state index contributed by atoms with van der Waals surface area (Å²) in [7, 11) is 0. The molecule has 1 spiro atoms. The molecule has 3 atom stereocenters. The average Bonchev–Trinajstić information content (AvgIpc) is 3.05. The van der Waals surface area contributed by atoms with Gasteiger partial charge in [0.15, 0.2) is 0 Å². The third-order valence-electron chi connectivity index (χ3n) is 5.63. The Morgan fingerprint density at radius 3 is 2.90 bits per heavy atom. The molecule has 3 saturated carbocycles. The van der Waals surface area contributed by atoms with Gasteiger partial charge in [-0.2, -0.15) is 0 Å². The van der Waals surface area contributed by atoms with Gasteiger partial charge < -0.3 is 10.1 Å². The van der Waals surface area contributed by atoms with Crippen LogP contribution in [0.1, 0.15) is 56.5 Å². The highest BCUT2D eigenvalue weighted by Crippen LogP contribution is 2.58. The molecule has 0 amide bonds. The summed E-state index contributed by atoms with van der Waals surface area (Å²) in [6.45, 7) is 2.98. The summed E-state index contributed by atoms with van der Waals surface area (Å²) < 4.78 is 5.96. The fourth-order valence-electron chi connectivity index (χ4n) is 4.12. The Hall–Kier alpha value is -0.450. The number of thiazole rings is 1. The maximum Gasteiger partial charge on any atom is 0.110 e. The lowest BCUT2D eigenvalue weighted by molar-refractivity contribution is -0.175. The Bertz CT molecular complexity index is 453. The van der Waals surface area contributed by atoms with Crippen molar-refractivity contribution in [2.24, 2.45) is 11.3 Å². The minimum absolute atomic E-state index is 0.459. The predicted octanol–water partition coefficient (Wildman–Crippen LogP) is 3.53. The second-order valence-corrected chi connectivity index (χ2v) is 7.60. The summed E-state index contributed by atoms with van der Waals surface area (Å²) in [5.41, 5.74) is 0.459. The first-order valence-corrected chi connectivity index (χ1v) is 8.98. The van der Waals surface area contributed by atoms with Gasteiger partial charge >= 0.3 is 0 Å². The smallest absolute Gasteiger partial charge is 0.110 e. The molecule has 4 rings (SSSR count). The van der Waals surface area contributed by atoms with Crippen LogP contribution in [0.25, 0.3) is 0 Å². The van der Waals surface area contributed by atoms with E-state index < -0.39 is 0 Å². The van der Waals surface area contributed by atoms with Crippen LogP contribution >= 0.6 is 11.3 Å². The summed E-state index contributed by atoms with van der Waals surface area (Å²) in [5, 5.41) is 7.37. The molecule has 1 aromatic rings. The predicted molar refractivity (Wildman–Crippen MR) is 80.8 cm³/mol. The quantitative estimate of drug-likeness (QED) is 0.871. The van der Waals surface area contributed by atoms with Crippen LogP contribution in [0.5, 0.6) is 0 Å². The number of rotatable bonds is 6. The highest BCUT2D eigenvalue weighted by atomic mass is 32.1. The van der Waals surface area contributed by atoms with E-state index in [-0.39, 0.29) is 0 Å². The zero-order valence-corrected chi connectivity index (χ0v) is 13.0. The van der Waals surface area contributed by atoms with E-state index in [4.69, 9.17) is 4.74 Å². The van der Waals surface area contributed by atoms with Gasteiger partial charge in [-0.05, 0) is 44.9 Å². The number of ether oxygens (including phenoxy) is 1. The molecule has 3 aliphatic rings. The molecule has 1 heterocycles. The van der Waals surface area contributed by atoms with Crippen molar-refractivity contribution >= 4 is 11.3 Å². The minimum Gasteiger partial charge on any atom is -0.378 e. The van der Waals surface area contributed by atoms with Gasteiger partial charge in [0.25, 0.3) is 0 Å². The average molecular weight is 292 g/mol. The molecule has 0 aromatic carbocycles. The van der Waals surface area contributed by atoms with Crippen LogP contribution in [0.4, 0.5) is 0 Å². The van der Waals surface area contributed by atoms with E-state index in [2.05, 4.69) is 22.6 Å². The first-order valence-electron chi connectivity index (χ1n) is 8.10. The van der Waals surface area contributed by atoms with Crippen molar-refractivity contribution in [1.82, 2.24) is 10.3 Å². The lowest BCUT2D eigenvalue weighted by atomic mass is 9.51. The van der Waals surface area contributed by atoms with E-state index in [0.717, 1.165) is 12.5 Å². The van der Waals surface area contributed by atoms with E-state index in [1.165, 1.54) is 43.5 Å². The Balaban J connectivity index is 1.46. The summed E-state index contributed by atoms with van der Waals surface area (Å²) >= 11 is 1.81. The van der Waals surface area contributed by atoms with E-state index in [1.54, 1.807) is 0 Å². The maximum atomic E-state index is 5.96. The molecule has 0 saturated heterocycles. The largest absolute Gasteiger partial charge is 0.378 e. The van der Waals surface area contributed by atoms with E-state index in [1.807, 2.05) is 17.5 Å². The molecule has 20 heavy (non-hydrogen) atoms. The van der Waals surface area contributed by atoms with Crippen LogP contribution in [0.2, 0.25) is 0 Å². The molecular weight excluding hydrogens is 268 g/mol. The summed E-state index contributed by atoms with van der Waals surface area (Å²) in [4.78, 5) is 4.56. The molecular formula is C16H24N2OS. The number of hydrogen-bond donors (Lipinski definition) is 1. The summed E-state index contributed by atoms with van der Waals surface area (Å²) in [6, 6.07) is 1.15. The SMILES string of the molecule is CCO[C@@H]1C[C@@H](N[C@@H](c2nccs2)C2CC2)C12CCC2. The van der Waals surface area contributed by atoms with Crippen LogP contribution in [0.15, 0.2) is 11.6 Å². The second-order valence-electron chi connectivity index (χ2n) is 6.67. The summed E-state index contributed by atoms with van der Waals surface area (Å²) in [5.74, 6) is 0.824. The van der Waals surface area contributed by atoms with Gasteiger partial charge in [0, 0.05) is 29.6 Å². The summed E-state index contributed by atoms with van der Waals surface area (Å²) in [6.07, 6.45) is 10.5. The van der Waals surface area contributed by atoms with Gasteiger partial charge in [0.2, 0.25) is 0 Å². The number of nitrogens with zero attached hydrogens (tertiary/aromatic N) is 1. The van der Waals surface area contributed by atoms with Crippen molar-refractivity contribution in [3.63, 3.8) is 0 Å². The fraction of sp³-hybridized carbons (Fsp3) is 0.812. The molecule has 4 heteroatoms. The van der Waals surface area contributed by atoms with Crippen LogP contribution in [-0.2, 0) is 4.74 Å². The number of aromatic nitrogens is 1. The van der Waals surface area contributed by atoms with Crippen LogP contribution < -0.4 is 5.32 Å². The fourth-order valence-corrected chi connectivity index (χ4v) is 4.91. The molecule has 110 valence electrons. The Labute approximate surface area is 125 Å². The van der Waals surface area contributed by atoms with Crippen molar-refractivity contribution < 1.29 is 4.74 Å². The maximum absolute atomic E-state index is 5.96. The molecule has 0 bridgehead atoms. The lowest BCUT2D eigenvalue weighted by Crippen LogP contribution is -2.67. The number of nitrogens with one attached hydrogen (secondary N) is 1. The Morgan fingerprint density at radius 1 is 1.50 bits per heavy atom. The highest BCUT2D eigenvalue weighted by molar-refractivity contribution is 7.09. The number of hydrogen-bond acceptors (Lipinski definition) is 4. The third-order valence-corrected chi connectivity index (χ3v) is 6.49. The highest BCUT2D eigenvalue weighted by Gasteiger charge is 2.59. The standard InChI is InChI=1S/C16H24N2OS/c1-2-19-13-10-12(16(13)6-3-7-16)18-14(11-4-5-11)15-17-8-9-20-15/h8-9,11-14,18H,2-7,10H2,1H3/t12-,13-,14-/m1/s1. The molecule has 1 N–H and O–H groups in total. The van der Waals surface area contributed by atoms with Crippen LogP contribution in [0.3, 0.4) is 0 Å². The Morgan fingerprint density at radius 2 is 2.35 bits per heavy atom. The lowest BCUT2D eigenvalue weighted by Gasteiger charge is -2.61. The molecule has 3 fully saturated rings. The van der Waals surface area contributed by atoms with E-state index in [9.17, 15) is 0 Å². The first kappa shape index (κ1) is 13.2. The zero-order valence-electron chi connectivity index (χ0n) is 12.2. The van der Waals surface area contributed by atoms with Gasteiger partial charge in [0.1, 0.15) is 5.01 Å². The van der Waals surface area contributed by atoms with Crippen LogP contribution in [-0.4, -0.2) is 23.7 Å². The first-order chi connectivity index (χ1) is 9.83. The topological polar surface area (TPSA) is 34.1 Å². The molecule has 0 unspecified atom stereocenters. The second kappa shape index (κ2) is 5.08. The van der Waals surface area contributed by atoms with E-state index in [0.29, 0.717) is 23.6 Å². The monoisotopic (exact) mass is 292 g/mol. The normalized spacial score (nSPS) is 32.6. The van der Waals surface area contributed by atoms with Gasteiger partial charge in [-0.15, -0.1) is 11.3 Å². The molecule has 0 aliphatic heterocycles. The van der Waals surface area contributed by atoms with Gasteiger partial charge in [-0.1, -0.05) is 6.42 Å². The Kier molecular flexibility index (Phi) is 3.36. The van der Waals surface area contributed by atoms with E-state index >= 15 is 0 Å².